The average Bonchev–Trinajstić information content (AvgIpc) is 3.26. The molecule has 0 atom stereocenters. The molecule has 4 nitrogen and oxygen atoms in total. The van der Waals surface area contributed by atoms with E-state index in [1.165, 1.54) is 12.8 Å². The van der Waals surface area contributed by atoms with Crippen molar-refractivity contribution in [1.82, 2.24) is 9.97 Å². The Morgan fingerprint density at radius 3 is 2.95 bits per heavy atom. The molecule has 0 amide bonds. The predicted octanol–water partition coefficient (Wildman–Crippen LogP) is 3.78. The highest BCUT2D eigenvalue weighted by Gasteiger charge is 2.28. The molecular formula is C16H14N2O2. The summed E-state index contributed by atoms with van der Waals surface area (Å²) >= 11 is 0. The Morgan fingerprint density at radius 1 is 1.25 bits per heavy atom. The summed E-state index contributed by atoms with van der Waals surface area (Å²) in [5, 5.41) is 0. The lowest BCUT2D eigenvalue weighted by molar-refractivity contribution is 0.399. The van der Waals surface area contributed by atoms with Crippen molar-refractivity contribution in [2.24, 2.45) is 0 Å². The fourth-order valence-corrected chi connectivity index (χ4v) is 2.39. The van der Waals surface area contributed by atoms with Gasteiger partial charge in [0.1, 0.15) is 5.52 Å². The molecule has 1 aromatic carbocycles. The molecule has 0 unspecified atom stereocenters. The topological polar surface area (TPSA) is 48.2 Å². The second-order valence-electron chi connectivity index (χ2n) is 5.07. The minimum absolute atomic E-state index is 0.527. The van der Waals surface area contributed by atoms with E-state index in [0.717, 1.165) is 28.1 Å². The third-order valence-electron chi connectivity index (χ3n) is 3.61. The molecule has 4 heteroatoms. The zero-order chi connectivity index (χ0) is 13.5. The van der Waals surface area contributed by atoms with Crippen LogP contribution < -0.4 is 4.74 Å². The minimum Gasteiger partial charge on any atom is -0.481 e. The van der Waals surface area contributed by atoms with Crippen LogP contribution >= 0.6 is 0 Å². The molecule has 1 fully saturated rings. The molecule has 0 aliphatic heterocycles. The van der Waals surface area contributed by atoms with Crippen molar-refractivity contribution < 1.29 is 9.15 Å². The van der Waals surface area contributed by atoms with Gasteiger partial charge in [0.15, 0.2) is 11.5 Å². The highest BCUT2D eigenvalue weighted by molar-refractivity contribution is 5.81. The molecule has 3 aromatic rings. The third-order valence-corrected chi connectivity index (χ3v) is 3.61. The molecule has 4 rings (SSSR count). The molecule has 1 aliphatic rings. The first-order valence-electron chi connectivity index (χ1n) is 6.75. The largest absolute Gasteiger partial charge is 0.481 e. The quantitative estimate of drug-likeness (QED) is 0.724. The van der Waals surface area contributed by atoms with Gasteiger partial charge in [-0.1, -0.05) is 6.07 Å². The Kier molecular flexibility index (Phi) is 2.49. The summed E-state index contributed by atoms with van der Waals surface area (Å²) in [5.41, 5.74) is 3.75. The van der Waals surface area contributed by atoms with Gasteiger partial charge in [0.2, 0.25) is 5.88 Å². The van der Waals surface area contributed by atoms with Crippen molar-refractivity contribution in [2.45, 2.75) is 18.8 Å². The Hall–Kier alpha value is -2.36. The number of oxazole rings is 1. The van der Waals surface area contributed by atoms with Gasteiger partial charge in [-0.05, 0) is 42.7 Å². The zero-order valence-corrected chi connectivity index (χ0v) is 11.2. The number of methoxy groups -OCH3 is 1. The predicted molar refractivity (Wildman–Crippen MR) is 75.8 cm³/mol. The Labute approximate surface area is 116 Å². The molecule has 0 radical (unpaired) electrons. The zero-order valence-electron chi connectivity index (χ0n) is 11.2. The monoisotopic (exact) mass is 266 g/mol. The van der Waals surface area contributed by atoms with E-state index in [-0.39, 0.29) is 0 Å². The van der Waals surface area contributed by atoms with E-state index < -0.39 is 0 Å². The van der Waals surface area contributed by atoms with E-state index in [4.69, 9.17) is 9.15 Å². The molecule has 0 spiro atoms. The molecule has 2 heterocycles. The number of ether oxygens (including phenoxy) is 1. The van der Waals surface area contributed by atoms with Crippen LogP contribution in [0.15, 0.2) is 40.9 Å². The van der Waals surface area contributed by atoms with Crippen LogP contribution in [0.3, 0.4) is 0 Å². The summed E-state index contributed by atoms with van der Waals surface area (Å²) in [6.45, 7) is 0. The lowest BCUT2D eigenvalue weighted by Gasteiger charge is -2.06. The van der Waals surface area contributed by atoms with Crippen LogP contribution in [0.1, 0.15) is 24.7 Å². The lowest BCUT2D eigenvalue weighted by Crippen LogP contribution is -1.90. The van der Waals surface area contributed by atoms with E-state index in [0.29, 0.717) is 11.8 Å². The number of rotatable bonds is 3. The van der Waals surface area contributed by atoms with E-state index >= 15 is 0 Å². The summed E-state index contributed by atoms with van der Waals surface area (Å²) in [6.07, 6.45) is 4.11. The summed E-state index contributed by atoms with van der Waals surface area (Å²) in [6, 6.07) is 9.92. The van der Waals surface area contributed by atoms with Crippen molar-refractivity contribution in [2.75, 3.05) is 7.11 Å². The number of hydrogen-bond acceptors (Lipinski definition) is 4. The summed E-state index contributed by atoms with van der Waals surface area (Å²) in [4.78, 5) is 8.82. The van der Waals surface area contributed by atoms with Crippen LogP contribution in [0, 0.1) is 0 Å². The molecule has 0 bridgehead atoms. The first-order chi connectivity index (χ1) is 9.85. The molecule has 1 aliphatic carbocycles. The normalized spacial score (nSPS) is 14.7. The molecule has 1 saturated carbocycles. The maximum atomic E-state index is 5.78. The summed E-state index contributed by atoms with van der Waals surface area (Å²) in [5.74, 6) is 2.02. The van der Waals surface area contributed by atoms with Crippen LogP contribution in [0.2, 0.25) is 0 Å². The SMILES string of the molecule is COc1ncccc1-c1ccc2oc(C3CC3)nc2c1. The third kappa shape index (κ3) is 1.84. The first-order valence-corrected chi connectivity index (χ1v) is 6.75. The standard InChI is InChI=1S/C16H14N2O2/c1-19-16-12(3-2-8-17-16)11-6-7-14-13(9-11)18-15(20-14)10-4-5-10/h2-3,6-10H,4-5H2,1H3. The van der Waals surface area contributed by atoms with E-state index in [1.807, 2.05) is 30.3 Å². The van der Waals surface area contributed by atoms with Gasteiger partial charge in [-0.2, -0.15) is 0 Å². The average molecular weight is 266 g/mol. The molecule has 20 heavy (non-hydrogen) atoms. The van der Waals surface area contributed by atoms with Gasteiger partial charge >= 0.3 is 0 Å². The molecule has 100 valence electrons. The van der Waals surface area contributed by atoms with E-state index in [1.54, 1.807) is 13.3 Å². The van der Waals surface area contributed by atoms with Crippen molar-refractivity contribution in [3.05, 3.63) is 42.4 Å². The number of benzene rings is 1. The van der Waals surface area contributed by atoms with E-state index in [2.05, 4.69) is 9.97 Å². The number of nitrogens with zero attached hydrogens (tertiary/aromatic N) is 2. The van der Waals surface area contributed by atoms with Gasteiger partial charge in [-0.15, -0.1) is 0 Å². The van der Waals surface area contributed by atoms with Gasteiger partial charge < -0.3 is 9.15 Å². The van der Waals surface area contributed by atoms with Gasteiger partial charge in [-0.3, -0.25) is 0 Å². The summed E-state index contributed by atoms with van der Waals surface area (Å²) in [7, 11) is 1.63. The number of pyridine rings is 1. The Balaban J connectivity index is 1.83. The molecule has 0 N–H and O–H groups in total. The van der Waals surface area contributed by atoms with Crippen molar-refractivity contribution >= 4 is 11.1 Å². The van der Waals surface area contributed by atoms with Gasteiger partial charge in [-0.25, -0.2) is 9.97 Å². The highest BCUT2D eigenvalue weighted by atomic mass is 16.5. The van der Waals surface area contributed by atoms with Crippen LogP contribution in [0.25, 0.3) is 22.2 Å². The van der Waals surface area contributed by atoms with Crippen molar-refractivity contribution in [3.63, 3.8) is 0 Å². The van der Waals surface area contributed by atoms with Crippen molar-refractivity contribution in [1.29, 1.82) is 0 Å². The fraction of sp³-hybridized carbons (Fsp3) is 0.250. The molecule has 0 saturated heterocycles. The maximum Gasteiger partial charge on any atom is 0.221 e. The van der Waals surface area contributed by atoms with Gasteiger partial charge in [0.25, 0.3) is 0 Å². The van der Waals surface area contributed by atoms with Crippen LogP contribution in [-0.4, -0.2) is 17.1 Å². The van der Waals surface area contributed by atoms with Gasteiger partial charge in [0.05, 0.1) is 7.11 Å². The fourth-order valence-electron chi connectivity index (χ4n) is 2.39. The maximum absolute atomic E-state index is 5.78. The Bertz CT molecular complexity index is 775. The van der Waals surface area contributed by atoms with Gasteiger partial charge in [0, 0.05) is 17.7 Å². The number of hydrogen-bond donors (Lipinski definition) is 0. The highest BCUT2D eigenvalue weighted by Crippen LogP contribution is 2.41. The van der Waals surface area contributed by atoms with Crippen LogP contribution in [0.4, 0.5) is 0 Å². The Morgan fingerprint density at radius 2 is 2.15 bits per heavy atom. The molecule has 2 aromatic heterocycles. The first kappa shape index (κ1) is 11.5. The molecular weight excluding hydrogens is 252 g/mol. The minimum atomic E-state index is 0.527. The second-order valence-corrected chi connectivity index (χ2v) is 5.07. The summed E-state index contributed by atoms with van der Waals surface area (Å²) < 4.78 is 11.1. The van der Waals surface area contributed by atoms with E-state index in [9.17, 15) is 0 Å². The number of fused-ring (bicyclic) bond motifs is 1. The van der Waals surface area contributed by atoms with Crippen LogP contribution in [-0.2, 0) is 0 Å². The smallest absolute Gasteiger partial charge is 0.221 e. The second kappa shape index (κ2) is 4.34. The lowest BCUT2D eigenvalue weighted by atomic mass is 10.1. The van der Waals surface area contributed by atoms with Crippen molar-refractivity contribution in [3.8, 4) is 17.0 Å². The number of aromatic nitrogens is 2. The van der Waals surface area contributed by atoms with Crippen LogP contribution in [0.5, 0.6) is 5.88 Å².